The minimum absolute atomic E-state index is 0.265. The third-order valence-corrected chi connectivity index (χ3v) is 8.14. The van der Waals surface area contributed by atoms with Crippen molar-refractivity contribution in [3.05, 3.63) is 117 Å². The Hall–Kier alpha value is -4.40. The summed E-state index contributed by atoms with van der Waals surface area (Å²) in [7, 11) is 1.60. The second-order valence-electron chi connectivity index (χ2n) is 9.36. The van der Waals surface area contributed by atoms with Crippen LogP contribution in [0.4, 0.5) is 5.69 Å². The summed E-state index contributed by atoms with van der Waals surface area (Å²) in [5.41, 5.74) is 10.7. The average molecular weight is 540 g/mol. The molecule has 0 spiro atoms. The van der Waals surface area contributed by atoms with Crippen molar-refractivity contribution < 1.29 is 14.6 Å². The number of carbonyl (C=O) groups is 1. The molecule has 2 heterocycles. The Morgan fingerprint density at radius 2 is 1.69 bits per heavy atom. The van der Waals surface area contributed by atoms with E-state index in [0.29, 0.717) is 41.3 Å². The molecular weight excluding hydrogens is 510 g/mol. The van der Waals surface area contributed by atoms with Crippen LogP contribution in [0, 0.1) is 6.92 Å². The van der Waals surface area contributed by atoms with Crippen LogP contribution in [0.3, 0.4) is 0 Å². The Bertz CT molecular complexity index is 1720. The van der Waals surface area contributed by atoms with Crippen LogP contribution < -0.4 is 21.2 Å². The Morgan fingerprint density at radius 3 is 2.38 bits per heavy atom. The van der Waals surface area contributed by atoms with Crippen LogP contribution in [0.5, 0.6) is 5.75 Å². The van der Waals surface area contributed by atoms with Crippen LogP contribution in [0.15, 0.2) is 83.8 Å². The number of aromatic carboxylic acids is 1. The molecule has 0 atom stereocenters. The van der Waals surface area contributed by atoms with Crippen molar-refractivity contribution in [3.63, 3.8) is 0 Å². The van der Waals surface area contributed by atoms with Crippen molar-refractivity contribution in [3.8, 4) is 16.2 Å². The first-order valence-corrected chi connectivity index (χ1v) is 13.3. The fourth-order valence-corrected chi connectivity index (χ4v) is 6.05. The molecule has 0 bridgehead atoms. The number of hydrogen-bond acceptors (Lipinski definition) is 6. The van der Waals surface area contributed by atoms with Gasteiger partial charge in [-0.15, -0.1) is 11.3 Å². The minimum atomic E-state index is -1.25. The maximum atomic E-state index is 13.6. The fraction of sp³-hybridized carbons (Fsp3) is 0.161. The molecule has 0 aliphatic heterocycles. The van der Waals surface area contributed by atoms with Crippen LogP contribution in [-0.4, -0.2) is 22.8 Å². The SMILES string of the molecule is COc1ccccc1Cn1cc(C(=O)O)c(=O)c2c(CNCc3ccccc3C)c(-c3ccc(N)cc3)sc21. The molecule has 7 nitrogen and oxygen atoms in total. The summed E-state index contributed by atoms with van der Waals surface area (Å²) in [6.07, 6.45) is 1.44. The zero-order chi connectivity index (χ0) is 27.5. The standard InChI is InChI=1S/C31H29N3O4S/c1-19-7-3-4-8-21(19)15-33-16-24-27-28(35)25(31(36)37)18-34(17-22-9-5-6-10-26(22)38-2)30(27)39-29(24)20-11-13-23(32)14-12-20/h3-14,18,33H,15-17,32H2,1-2H3,(H,36,37). The Morgan fingerprint density at radius 1 is 1.00 bits per heavy atom. The first kappa shape index (κ1) is 26.2. The van der Waals surface area contributed by atoms with Crippen molar-refractivity contribution in [1.29, 1.82) is 0 Å². The number of thiophene rings is 1. The number of rotatable bonds is 9. The number of nitrogens with two attached hydrogens (primary N) is 1. The van der Waals surface area contributed by atoms with Gasteiger partial charge >= 0.3 is 5.97 Å². The van der Waals surface area contributed by atoms with Crippen molar-refractivity contribution in [2.45, 2.75) is 26.6 Å². The number of carboxylic acid groups (broad SMARTS) is 1. The summed E-state index contributed by atoms with van der Waals surface area (Å²) in [4.78, 5) is 27.4. The lowest BCUT2D eigenvalue weighted by atomic mass is 10.0. The van der Waals surface area contributed by atoms with Gasteiger partial charge in [-0.2, -0.15) is 0 Å². The highest BCUT2D eigenvalue weighted by Crippen LogP contribution is 2.38. The van der Waals surface area contributed by atoms with Gasteiger partial charge in [0.15, 0.2) is 0 Å². The van der Waals surface area contributed by atoms with Crippen LogP contribution in [0.1, 0.15) is 32.6 Å². The largest absolute Gasteiger partial charge is 0.496 e. The predicted octanol–water partition coefficient (Wildman–Crippen LogP) is 5.67. The smallest absolute Gasteiger partial charge is 0.341 e. The molecule has 0 radical (unpaired) electrons. The van der Waals surface area contributed by atoms with Gasteiger partial charge < -0.3 is 25.5 Å². The molecule has 8 heteroatoms. The average Bonchev–Trinajstić information content (AvgIpc) is 3.32. The first-order chi connectivity index (χ1) is 18.9. The van der Waals surface area contributed by atoms with E-state index in [1.165, 1.54) is 23.1 Å². The molecular formula is C31H29N3O4S. The maximum absolute atomic E-state index is 13.6. The third kappa shape index (κ3) is 5.30. The van der Waals surface area contributed by atoms with E-state index < -0.39 is 11.4 Å². The summed E-state index contributed by atoms with van der Waals surface area (Å²) < 4.78 is 7.38. The number of benzene rings is 3. The van der Waals surface area contributed by atoms with Crippen LogP contribution in [-0.2, 0) is 19.6 Å². The van der Waals surface area contributed by atoms with Crippen LogP contribution in [0.2, 0.25) is 0 Å². The molecule has 0 aliphatic rings. The van der Waals surface area contributed by atoms with Crippen molar-refractivity contribution in [1.82, 2.24) is 9.88 Å². The van der Waals surface area contributed by atoms with E-state index in [0.717, 1.165) is 27.1 Å². The Labute approximate surface area is 230 Å². The number of nitrogens with one attached hydrogen (secondary N) is 1. The molecule has 4 N–H and O–H groups in total. The van der Waals surface area contributed by atoms with Crippen LogP contribution >= 0.6 is 11.3 Å². The van der Waals surface area contributed by atoms with E-state index in [2.05, 4.69) is 24.4 Å². The van der Waals surface area contributed by atoms with Gasteiger partial charge in [-0.05, 0) is 47.4 Å². The predicted molar refractivity (Wildman–Crippen MR) is 157 cm³/mol. The monoisotopic (exact) mass is 539 g/mol. The normalized spacial score (nSPS) is 11.1. The molecule has 0 unspecified atom stereocenters. The van der Waals surface area contributed by atoms with E-state index in [-0.39, 0.29) is 5.56 Å². The number of aryl methyl sites for hydroxylation is 1. The number of methoxy groups -OCH3 is 1. The number of nitrogen functional groups attached to an aromatic ring is 1. The maximum Gasteiger partial charge on any atom is 0.341 e. The second kappa shape index (κ2) is 11.1. The lowest BCUT2D eigenvalue weighted by Crippen LogP contribution is -2.21. The molecule has 0 amide bonds. The van der Waals surface area contributed by atoms with Crippen molar-refractivity contribution in [2.24, 2.45) is 0 Å². The van der Waals surface area contributed by atoms with Gasteiger partial charge in [0.05, 0.1) is 19.0 Å². The number of ether oxygens (including phenoxy) is 1. The van der Waals surface area contributed by atoms with Gasteiger partial charge in [-0.25, -0.2) is 4.79 Å². The molecule has 3 aromatic carbocycles. The summed E-state index contributed by atoms with van der Waals surface area (Å²) in [5.74, 6) is -0.564. The summed E-state index contributed by atoms with van der Waals surface area (Å²) in [6, 6.07) is 23.2. The summed E-state index contributed by atoms with van der Waals surface area (Å²) in [5, 5.41) is 13.9. The first-order valence-electron chi connectivity index (χ1n) is 12.5. The van der Waals surface area contributed by atoms with E-state index in [9.17, 15) is 14.7 Å². The number of para-hydroxylation sites is 1. The number of fused-ring (bicyclic) bond motifs is 1. The second-order valence-corrected chi connectivity index (χ2v) is 10.4. The zero-order valence-electron chi connectivity index (χ0n) is 21.7. The molecule has 198 valence electrons. The minimum Gasteiger partial charge on any atom is -0.496 e. The molecule has 0 saturated heterocycles. The topological polar surface area (TPSA) is 107 Å². The Kier molecular flexibility index (Phi) is 7.49. The lowest BCUT2D eigenvalue weighted by Gasteiger charge is -2.13. The zero-order valence-corrected chi connectivity index (χ0v) is 22.5. The molecule has 0 saturated carbocycles. The quantitative estimate of drug-likeness (QED) is 0.209. The third-order valence-electron chi connectivity index (χ3n) is 6.82. The number of hydrogen-bond donors (Lipinski definition) is 3. The number of carboxylic acids is 1. The van der Waals surface area contributed by atoms with Gasteiger partial charge in [0.1, 0.15) is 16.1 Å². The van der Waals surface area contributed by atoms with Gasteiger partial charge in [0, 0.05) is 35.4 Å². The number of anilines is 1. The van der Waals surface area contributed by atoms with E-state index >= 15 is 0 Å². The Balaban J connectivity index is 1.68. The van der Waals surface area contributed by atoms with Crippen molar-refractivity contribution >= 4 is 33.2 Å². The van der Waals surface area contributed by atoms with Gasteiger partial charge in [0.2, 0.25) is 5.43 Å². The van der Waals surface area contributed by atoms with Crippen LogP contribution in [0.25, 0.3) is 20.7 Å². The highest BCUT2D eigenvalue weighted by molar-refractivity contribution is 7.22. The molecule has 5 rings (SSSR count). The molecule has 2 aromatic heterocycles. The van der Waals surface area contributed by atoms with E-state index in [1.54, 1.807) is 7.11 Å². The number of aromatic nitrogens is 1. The van der Waals surface area contributed by atoms with E-state index in [1.807, 2.05) is 65.2 Å². The van der Waals surface area contributed by atoms with E-state index in [4.69, 9.17) is 10.5 Å². The van der Waals surface area contributed by atoms with Gasteiger partial charge in [-0.1, -0.05) is 54.6 Å². The highest BCUT2D eigenvalue weighted by atomic mass is 32.1. The highest BCUT2D eigenvalue weighted by Gasteiger charge is 2.23. The number of nitrogens with zero attached hydrogens (tertiary/aromatic N) is 1. The lowest BCUT2D eigenvalue weighted by molar-refractivity contribution is 0.0695. The molecule has 5 aromatic rings. The molecule has 0 fully saturated rings. The van der Waals surface area contributed by atoms with Gasteiger partial charge in [-0.3, -0.25) is 4.79 Å². The molecule has 39 heavy (non-hydrogen) atoms. The van der Waals surface area contributed by atoms with Crippen molar-refractivity contribution in [2.75, 3.05) is 12.8 Å². The van der Waals surface area contributed by atoms with Gasteiger partial charge in [0.25, 0.3) is 0 Å². The fourth-order valence-electron chi connectivity index (χ4n) is 4.75. The molecule has 0 aliphatic carbocycles. The summed E-state index contributed by atoms with van der Waals surface area (Å²) in [6.45, 7) is 3.41. The summed E-state index contributed by atoms with van der Waals surface area (Å²) >= 11 is 1.47. The number of pyridine rings is 1.